The van der Waals surface area contributed by atoms with Crippen LogP contribution in [-0.2, 0) is 0 Å². The van der Waals surface area contributed by atoms with Crippen LogP contribution in [0.2, 0.25) is 5.02 Å². The highest BCUT2D eigenvalue weighted by Gasteiger charge is 2.28. The van der Waals surface area contributed by atoms with E-state index in [1.165, 1.54) is 0 Å². The van der Waals surface area contributed by atoms with Crippen LogP contribution in [0.4, 0.5) is 18.9 Å². The second kappa shape index (κ2) is 4.56. The maximum Gasteiger partial charge on any atom is 0.422 e. The molecule has 0 aliphatic carbocycles. The van der Waals surface area contributed by atoms with Gasteiger partial charge in [0.1, 0.15) is 5.75 Å². The van der Waals surface area contributed by atoms with Gasteiger partial charge in [-0.05, 0) is 6.07 Å². The minimum Gasteiger partial charge on any atom is -0.483 e. The highest BCUT2D eigenvalue weighted by Crippen LogP contribution is 2.29. The zero-order valence-corrected chi connectivity index (χ0v) is 8.38. The van der Waals surface area contributed by atoms with Crippen molar-refractivity contribution in [3.63, 3.8) is 0 Å². The van der Waals surface area contributed by atoms with Crippen LogP contribution in [0.5, 0.6) is 5.75 Å². The van der Waals surface area contributed by atoms with Crippen molar-refractivity contribution in [3.05, 3.63) is 33.3 Å². The number of nitro groups is 1. The topological polar surface area (TPSA) is 52.4 Å². The summed E-state index contributed by atoms with van der Waals surface area (Å²) in [6, 6.07) is 2.96. The van der Waals surface area contributed by atoms with Crippen LogP contribution < -0.4 is 4.74 Å². The van der Waals surface area contributed by atoms with Gasteiger partial charge in [0.15, 0.2) is 6.61 Å². The van der Waals surface area contributed by atoms with Crippen molar-refractivity contribution in [1.82, 2.24) is 0 Å². The van der Waals surface area contributed by atoms with E-state index in [1.54, 1.807) is 0 Å². The molecule has 1 aromatic carbocycles. The van der Waals surface area contributed by atoms with Crippen LogP contribution in [-0.4, -0.2) is 17.7 Å². The lowest BCUT2D eigenvalue weighted by Crippen LogP contribution is -2.19. The van der Waals surface area contributed by atoms with Crippen LogP contribution in [0.15, 0.2) is 18.2 Å². The summed E-state index contributed by atoms with van der Waals surface area (Å²) in [7, 11) is 0. The van der Waals surface area contributed by atoms with Crippen LogP contribution in [0, 0.1) is 10.1 Å². The Labute approximate surface area is 92.7 Å². The summed E-state index contributed by atoms with van der Waals surface area (Å²) in [5.74, 6) is -0.246. The Morgan fingerprint density at radius 3 is 2.50 bits per heavy atom. The Morgan fingerprint density at radius 2 is 2.06 bits per heavy atom. The number of non-ortho nitro benzene ring substituents is 1. The fraction of sp³-hybridized carbons (Fsp3) is 0.250. The summed E-state index contributed by atoms with van der Waals surface area (Å²) in [4.78, 5) is 9.60. The van der Waals surface area contributed by atoms with Gasteiger partial charge in [0, 0.05) is 12.1 Å². The van der Waals surface area contributed by atoms with Crippen LogP contribution in [0.3, 0.4) is 0 Å². The van der Waals surface area contributed by atoms with Gasteiger partial charge in [-0.15, -0.1) is 0 Å². The van der Waals surface area contributed by atoms with Crippen molar-refractivity contribution in [3.8, 4) is 5.75 Å². The number of nitrogens with zero attached hydrogens (tertiary/aromatic N) is 1. The molecule has 1 rings (SSSR count). The number of alkyl halides is 3. The van der Waals surface area contributed by atoms with E-state index in [0.29, 0.717) is 0 Å². The second-order valence-electron chi connectivity index (χ2n) is 2.78. The molecule has 0 spiro atoms. The number of halogens is 4. The third-order valence-corrected chi connectivity index (χ3v) is 1.81. The summed E-state index contributed by atoms with van der Waals surface area (Å²) < 4.78 is 39.8. The van der Waals surface area contributed by atoms with Gasteiger partial charge < -0.3 is 4.74 Å². The van der Waals surface area contributed by atoms with E-state index < -0.39 is 17.7 Å². The first-order valence-electron chi connectivity index (χ1n) is 3.93. The molecule has 0 aliphatic heterocycles. The summed E-state index contributed by atoms with van der Waals surface area (Å²) in [5, 5.41) is 10.1. The number of rotatable bonds is 3. The van der Waals surface area contributed by atoms with Gasteiger partial charge in [-0.2, -0.15) is 13.2 Å². The number of benzene rings is 1. The van der Waals surface area contributed by atoms with E-state index in [1.807, 2.05) is 0 Å². The number of ether oxygens (including phenoxy) is 1. The molecule has 1 aromatic rings. The molecule has 88 valence electrons. The molecule has 0 fully saturated rings. The molecule has 8 heteroatoms. The first-order chi connectivity index (χ1) is 7.29. The number of hydrogen-bond acceptors (Lipinski definition) is 3. The van der Waals surface area contributed by atoms with Crippen molar-refractivity contribution >= 4 is 17.3 Å². The first kappa shape index (κ1) is 12.6. The minimum atomic E-state index is -4.48. The van der Waals surface area contributed by atoms with Crippen LogP contribution in [0.1, 0.15) is 0 Å². The summed E-state index contributed by atoms with van der Waals surface area (Å²) in [6.45, 7) is -1.50. The molecule has 0 saturated carbocycles. The maximum absolute atomic E-state index is 11.8. The van der Waals surface area contributed by atoms with Gasteiger partial charge in [0.05, 0.1) is 9.95 Å². The Kier molecular flexibility index (Phi) is 3.58. The third-order valence-electron chi connectivity index (χ3n) is 1.52. The van der Waals surface area contributed by atoms with Crippen molar-refractivity contribution in [2.75, 3.05) is 6.61 Å². The second-order valence-corrected chi connectivity index (χ2v) is 3.18. The Morgan fingerprint density at radius 1 is 1.44 bits per heavy atom. The Hall–Kier alpha value is -1.50. The maximum atomic E-state index is 11.8. The lowest BCUT2D eigenvalue weighted by Gasteiger charge is -2.09. The zero-order valence-electron chi connectivity index (χ0n) is 7.62. The monoisotopic (exact) mass is 255 g/mol. The van der Waals surface area contributed by atoms with Crippen LogP contribution >= 0.6 is 11.6 Å². The van der Waals surface area contributed by atoms with Gasteiger partial charge in [0.25, 0.3) is 5.69 Å². The van der Waals surface area contributed by atoms with Crippen molar-refractivity contribution in [2.45, 2.75) is 6.18 Å². The smallest absolute Gasteiger partial charge is 0.422 e. The normalized spacial score (nSPS) is 11.2. The molecule has 0 atom stereocenters. The van der Waals surface area contributed by atoms with Gasteiger partial charge >= 0.3 is 6.18 Å². The van der Waals surface area contributed by atoms with Crippen molar-refractivity contribution < 1.29 is 22.8 Å². The first-order valence-corrected chi connectivity index (χ1v) is 4.31. The predicted octanol–water partition coefficient (Wildman–Crippen LogP) is 3.19. The molecule has 0 aliphatic rings. The van der Waals surface area contributed by atoms with E-state index in [-0.39, 0.29) is 16.5 Å². The summed E-state index contributed by atoms with van der Waals surface area (Å²) in [6.07, 6.45) is -4.48. The van der Waals surface area contributed by atoms with Gasteiger partial charge in [-0.3, -0.25) is 10.1 Å². The molecule has 0 amide bonds. The average Bonchev–Trinajstić information content (AvgIpc) is 2.14. The summed E-state index contributed by atoms with van der Waals surface area (Å²) >= 11 is 5.51. The van der Waals surface area contributed by atoms with Crippen molar-refractivity contribution in [1.29, 1.82) is 0 Å². The lowest BCUT2D eigenvalue weighted by molar-refractivity contribution is -0.384. The Bertz CT molecular complexity index is 408. The average molecular weight is 256 g/mol. The quantitative estimate of drug-likeness (QED) is 0.616. The third kappa shape index (κ3) is 3.58. The van der Waals surface area contributed by atoms with Gasteiger partial charge in [-0.1, -0.05) is 11.6 Å². The fourth-order valence-electron chi connectivity index (χ4n) is 0.880. The SMILES string of the molecule is O=[N+]([O-])c1ccc(OCC(F)(F)F)c(Cl)c1. The minimum absolute atomic E-state index is 0.238. The molecular formula is C8H5ClF3NO3. The number of hydrogen-bond donors (Lipinski definition) is 0. The molecule has 0 heterocycles. The highest BCUT2D eigenvalue weighted by molar-refractivity contribution is 6.32. The highest BCUT2D eigenvalue weighted by atomic mass is 35.5. The van der Waals surface area contributed by atoms with E-state index >= 15 is 0 Å². The standard InChI is InChI=1S/C8H5ClF3NO3/c9-6-3-5(13(14)15)1-2-7(6)16-4-8(10,11)12/h1-3H,4H2. The molecule has 0 aromatic heterocycles. The van der Waals surface area contributed by atoms with Crippen LogP contribution in [0.25, 0.3) is 0 Å². The van der Waals surface area contributed by atoms with E-state index in [9.17, 15) is 23.3 Å². The predicted molar refractivity (Wildman–Crippen MR) is 49.7 cm³/mol. The summed E-state index contributed by atoms with van der Waals surface area (Å²) in [5.41, 5.74) is -0.315. The molecule has 16 heavy (non-hydrogen) atoms. The lowest BCUT2D eigenvalue weighted by atomic mass is 10.3. The van der Waals surface area contributed by atoms with E-state index in [0.717, 1.165) is 18.2 Å². The molecule has 0 bridgehead atoms. The van der Waals surface area contributed by atoms with Crippen molar-refractivity contribution in [2.24, 2.45) is 0 Å². The fourth-order valence-corrected chi connectivity index (χ4v) is 1.11. The van der Waals surface area contributed by atoms with E-state index in [2.05, 4.69) is 4.74 Å². The molecule has 0 N–H and O–H groups in total. The van der Waals surface area contributed by atoms with Gasteiger partial charge in [0.2, 0.25) is 0 Å². The number of nitro benzene ring substituents is 1. The largest absolute Gasteiger partial charge is 0.483 e. The van der Waals surface area contributed by atoms with E-state index in [4.69, 9.17) is 11.6 Å². The zero-order chi connectivity index (χ0) is 12.3. The van der Waals surface area contributed by atoms with Gasteiger partial charge in [-0.25, -0.2) is 0 Å². The Balaban J connectivity index is 2.80. The molecule has 4 nitrogen and oxygen atoms in total. The molecule has 0 radical (unpaired) electrons. The molecular weight excluding hydrogens is 251 g/mol. The molecule has 0 saturated heterocycles. The molecule has 0 unspecified atom stereocenters.